The lowest BCUT2D eigenvalue weighted by Gasteiger charge is -2.38. The maximum absolute atomic E-state index is 13.3. The summed E-state index contributed by atoms with van der Waals surface area (Å²) in [7, 11) is 0. The molecule has 13 heteroatoms. The van der Waals surface area contributed by atoms with Crippen molar-refractivity contribution in [2.45, 2.75) is 48.8 Å². The molecule has 2 aromatic carbocycles. The van der Waals surface area contributed by atoms with Crippen LogP contribution in [0.3, 0.4) is 0 Å². The normalized spacial score (nSPS) is 31.9. The van der Waals surface area contributed by atoms with Crippen LogP contribution in [0.2, 0.25) is 0 Å². The van der Waals surface area contributed by atoms with E-state index in [0.717, 1.165) is 6.07 Å². The molecule has 8 atom stereocenters. The van der Waals surface area contributed by atoms with Gasteiger partial charge in [-0.05, 0) is 24.3 Å². The van der Waals surface area contributed by atoms with Gasteiger partial charge < -0.3 is 59.8 Å². The third-order valence-electron chi connectivity index (χ3n) is 6.92. The van der Waals surface area contributed by atoms with Crippen LogP contribution in [-0.4, -0.2) is 95.8 Å². The summed E-state index contributed by atoms with van der Waals surface area (Å²) in [5.74, 6) is -1.80. The Balaban J connectivity index is 1.80. The number of fused-ring (bicyclic) bond motifs is 1. The molecule has 13 nitrogen and oxygen atoms in total. The van der Waals surface area contributed by atoms with Crippen LogP contribution in [0.15, 0.2) is 39.5 Å². The van der Waals surface area contributed by atoms with Gasteiger partial charge in [0.2, 0.25) is 0 Å². The predicted molar refractivity (Wildman–Crippen MR) is 126 cm³/mol. The van der Waals surface area contributed by atoms with E-state index < -0.39 is 101 Å². The van der Waals surface area contributed by atoms with Gasteiger partial charge in [-0.25, -0.2) is 0 Å². The van der Waals surface area contributed by atoms with Gasteiger partial charge in [-0.15, -0.1) is 0 Å². The van der Waals surface area contributed by atoms with Crippen molar-refractivity contribution in [2.75, 3.05) is 13.2 Å². The Morgan fingerprint density at radius 1 is 0.684 bits per heavy atom. The van der Waals surface area contributed by atoms with Crippen LogP contribution >= 0.6 is 0 Å². The van der Waals surface area contributed by atoms with Gasteiger partial charge in [0.05, 0.1) is 24.3 Å². The van der Waals surface area contributed by atoms with E-state index in [4.69, 9.17) is 13.9 Å². The van der Waals surface area contributed by atoms with Crippen LogP contribution in [-0.2, 0) is 9.47 Å². The van der Waals surface area contributed by atoms with Crippen LogP contribution < -0.4 is 5.43 Å². The van der Waals surface area contributed by atoms with Crippen molar-refractivity contribution in [3.63, 3.8) is 0 Å². The van der Waals surface area contributed by atoms with Gasteiger partial charge in [-0.2, -0.15) is 0 Å². The van der Waals surface area contributed by atoms with E-state index in [1.54, 1.807) is 0 Å². The number of aliphatic hydroxyl groups excluding tert-OH is 6. The molecule has 3 heterocycles. The first kappa shape index (κ1) is 26.3. The zero-order chi connectivity index (χ0) is 27.5. The molecular weight excluding hydrogens is 508 g/mol. The van der Waals surface area contributed by atoms with E-state index in [-0.39, 0.29) is 11.5 Å². The highest BCUT2D eigenvalue weighted by Crippen LogP contribution is 2.50. The number of benzene rings is 2. The fourth-order valence-corrected chi connectivity index (χ4v) is 4.83. The van der Waals surface area contributed by atoms with Gasteiger partial charge in [0.25, 0.3) is 0 Å². The number of aliphatic hydroxyl groups is 6. The molecule has 5 unspecified atom stereocenters. The van der Waals surface area contributed by atoms with E-state index in [2.05, 4.69) is 0 Å². The molecule has 38 heavy (non-hydrogen) atoms. The Labute approximate surface area is 213 Å². The first-order valence-electron chi connectivity index (χ1n) is 11.7. The lowest BCUT2D eigenvalue weighted by Crippen LogP contribution is -2.49. The summed E-state index contributed by atoms with van der Waals surface area (Å²) >= 11 is 0. The van der Waals surface area contributed by atoms with Crippen molar-refractivity contribution in [3.8, 4) is 28.6 Å². The molecule has 2 aliphatic heterocycles. The minimum atomic E-state index is -1.85. The van der Waals surface area contributed by atoms with Gasteiger partial charge in [0.1, 0.15) is 77.2 Å². The molecule has 0 saturated carbocycles. The molecule has 5 rings (SSSR count). The second-order valence-corrected chi connectivity index (χ2v) is 9.36. The van der Waals surface area contributed by atoms with Gasteiger partial charge >= 0.3 is 0 Å². The van der Waals surface area contributed by atoms with Crippen molar-refractivity contribution in [1.82, 2.24) is 0 Å². The smallest absolute Gasteiger partial charge is 0.197 e. The van der Waals surface area contributed by atoms with Crippen LogP contribution in [0.25, 0.3) is 22.3 Å². The zero-order valence-corrected chi connectivity index (χ0v) is 19.6. The van der Waals surface area contributed by atoms with Gasteiger partial charge in [0, 0.05) is 11.6 Å². The standard InChI is InChI=1S/C25H26O13/c26-9-3-1-8(2-4-9)13-5-10(27)14-19(32)15(24-21(34)17(30)11(28)6-36-24)20(33)16(23(14)38-13)25-22(35)18(31)12(29)7-37-25/h1-5,11-12,17-18,21-22,24-26,28-35H,6-7H2/t11?,12-,17?,18?,21-,22-,24?,25?/m1/s1. The topological polar surface area (TPSA) is 231 Å². The van der Waals surface area contributed by atoms with Crippen molar-refractivity contribution < 1.29 is 59.8 Å². The average molecular weight is 534 g/mol. The molecule has 204 valence electrons. The van der Waals surface area contributed by atoms with Crippen LogP contribution in [0.4, 0.5) is 0 Å². The fourth-order valence-electron chi connectivity index (χ4n) is 4.83. The summed E-state index contributed by atoms with van der Waals surface area (Å²) in [5.41, 5.74) is -1.86. The van der Waals surface area contributed by atoms with Crippen LogP contribution in [0.5, 0.6) is 17.2 Å². The van der Waals surface area contributed by atoms with Crippen molar-refractivity contribution in [3.05, 3.63) is 51.7 Å². The Kier molecular flexibility index (Phi) is 6.79. The Morgan fingerprint density at radius 2 is 1.21 bits per heavy atom. The summed E-state index contributed by atoms with van der Waals surface area (Å²) in [4.78, 5) is 13.3. The number of hydrogen-bond acceptors (Lipinski definition) is 13. The number of ether oxygens (including phenoxy) is 2. The highest BCUT2D eigenvalue weighted by atomic mass is 16.5. The Morgan fingerprint density at radius 3 is 1.76 bits per heavy atom. The van der Waals surface area contributed by atoms with E-state index >= 15 is 0 Å². The summed E-state index contributed by atoms with van der Waals surface area (Å²) in [6.07, 6.45) is -13.3. The molecule has 0 radical (unpaired) electrons. The number of hydrogen-bond donors (Lipinski definition) is 9. The number of phenolic OH excluding ortho intramolecular Hbond substituents is 3. The molecule has 0 amide bonds. The summed E-state index contributed by atoms with van der Waals surface area (Å²) in [6.45, 7) is -0.966. The summed E-state index contributed by atoms with van der Waals surface area (Å²) in [5, 5.41) is 93.1. The SMILES string of the molecule is O=c1cc(-c2ccc(O)cc2)oc2c(C3OC[C@@H](O)C(O)[C@H]3O)c(O)c(C3OCC(O)C(O)[C@H]3O)c(O)c12. The molecule has 2 aliphatic rings. The zero-order valence-electron chi connectivity index (χ0n) is 19.6. The number of phenols is 3. The molecular formula is C25H26O13. The van der Waals surface area contributed by atoms with Crippen molar-refractivity contribution in [2.24, 2.45) is 0 Å². The molecule has 2 fully saturated rings. The molecule has 3 aromatic rings. The molecule has 2 saturated heterocycles. The van der Waals surface area contributed by atoms with Crippen molar-refractivity contribution in [1.29, 1.82) is 0 Å². The number of rotatable bonds is 3. The van der Waals surface area contributed by atoms with E-state index in [1.807, 2.05) is 0 Å². The van der Waals surface area contributed by atoms with Crippen LogP contribution in [0.1, 0.15) is 23.3 Å². The van der Waals surface area contributed by atoms with Gasteiger partial charge in [-0.3, -0.25) is 4.79 Å². The third-order valence-corrected chi connectivity index (χ3v) is 6.92. The largest absolute Gasteiger partial charge is 0.508 e. The summed E-state index contributed by atoms with van der Waals surface area (Å²) in [6, 6.07) is 6.60. The maximum atomic E-state index is 13.3. The first-order valence-corrected chi connectivity index (χ1v) is 11.7. The Hall–Kier alpha value is -3.27. The third kappa shape index (κ3) is 4.19. The van der Waals surface area contributed by atoms with E-state index in [0.29, 0.717) is 5.56 Å². The highest BCUT2D eigenvalue weighted by Gasteiger charge is 2.46. The lowest BCUT2D eigenvalue weighted by molar-refractivity contribution is -0.191. The van der Waals surface area contributed by atoms with E-state index in [9.17, 15) is 50.8 Å². The quantitative estimate of drug-likeness (QED) is 0.194. The highest BCUT2D eigenvalue weighted by molar-refractivity contribution is 5.91. The van der Waals surface area contributed by atoms with Gasteiger partial charge in [0.15, 0.2) is 11.0 Å². The molecule has 1 aromatic heterocycles. The molecule has 0 bridgehead atoms. The van der Waals surface area contributed by atoms with Gasteiger partial charge in [-0.1, -0.05) is 0 Å². The predicted octanol–water partition coefficient (Wildman–Crippen LogP) is -1.12. The second-order valence-electron chi connectivity index (χ2n) is 9.36. The summed E-state index contributed by atoms with van der Waals surface area (Å²) < 4.78 is 16.8. The molecule has 0 spiro atoms. The first-order chi connectivity index (χ1) is 18.0. The lowest BCUT2D eigenvalue weighted by atomic mass is 9.87. The average Bonchev–Trinajstić information content (AvgIpc) is 2.88. The minimum absolute atomic E-state index is 0.0475. The molecule has 9 N–H and O–H groups in total. The van der Waals surface area contributed by atoms with E-state index in [1.165, 1.54) is 24.3 Å². The monoisotopic (exact) mass is 534 g/mol. The fraction of sp³-hybridized carbons (Fsp3) is 0.400. The molecule has 0 aliphatic carbocycles. The minimum Gasteiger partial charge on any atom is -0.508 e. The maximum Gasteiger partial charge on any atom is 0.197 e. The van der Waals surface area contributed by atoms with Crippen molar-refractivity contribution >= 4 is 11.0 Å². The number of aromatic hydroxyl groups is 3. The van der Waals surface area contributed by atoms with Crippen LogP contribution in [0, 0.1) is 0 Å². The Bertz CT molecular complexity index is 1400. The second kappa shape index (κ2) is 9.80.